The highest BCUT2D eigenvalue weighted by atomic mass is 35.5. The van der Waals surface area contributed by atoms with Gasteiger partial charge in [-0.2, -0.15) is 0 Å². The number of allylic oxidation sites excluding steroid dienone is 1. The first-order chi connectivity index (χ1) is 18.7. The number of benzene rings is 3. The fraction of sp³-hybridized carbons (Fsp3) is 0.281. The summed E-state index contributed by atoms with van der Waals surface area (Å²) in [6.45, 7) is 3.53. The van der Waals surface area contributed by atoms with Crippen LogP contribution in [0.4, 0.5) is 13.2 Å². The van der Waals surface area contributed by atoms with Crippen molar-refractivity contribution in [2.75, 3.05) is 19.6 Å². The third-order valence-corrected chi connectivity index (χ3v) is 7.84. The van der Waals surface area contributed by atoms with Crippen LogP contribution < -0.4 is 0 Å². The molecule has 1 N–H and O–H groups in total. The smallest absolute Gasteiger partial charge is 0.335 e. The molecule has 0 radical (unpaired) electrons. The molecular formula is C32H29ClF3NO2. The number of carbonyl (C=O) groups is 1. The number of carboxylic acid groups (broad SMARTS) is 1. The Kier molecular flexibility index (Phi) is 7.96. The first kappa shape index (κ1) is 27.2. The topological polar surface area (TPSA) is 40.5 Å². The minimum Gasteiger partial charge on any atom is -0.478 e. The van der Waals surface area contributed by atoms with E-state index in [0.29, 0.717) is 38.0 Å². The van der Waals surface area contributed by atoms with Crippen LogP contribution >= 0.6 is 11.6 Å². The molecule has 39 heavy (non-hydrogen) atoms. The van der Waals surface area contributed by atoms with Gasteiger partial charge in [-0.15, -0.1) is 0 Å². The van der Waals surface area contributed by atoms with Crippen molar-refractivity contribution in [3.05, 3.63) is 110 Å². The Labute approximate surface area is 231 Å². The molecule has 0 bridgehead atoms. The van der Waals surface area contributed by atoms with Crippen LogP contribution in [-0.4, -0.2) is 42.0 Å². The number of rotatable bonds is 7. The molecule has 1 saturated heterocycles. The van der Waals surface area contributed by atoms with E-state index in [4.69, 9.17) is 11.6 Å². The third kappa shape index (κ3) is 5.82. The molecule has 7 heteroatoms. The number of alkyl halides is 2. The van der Waals surface area contributed by atoms with E-state index in [1.165, 1.54) is 5.57 Å². The number of aryl methyl sites for hydroxylation is 1. The molecule has 3 aromatic rings. The van der Waals surface area contributed by atoms with Gasteiger partial charge in [0.05, 0.1) is 10.6 Å². The number of hydrogen-bond acceptors (Lipinski definition) is 2. The first-order valence-electron chi connectivity index (χ1n) is 13.1. The molecule has 0 saturated carbocycles. The normalized spacial score (nSPS) is 15.7. The first-order valence-corrected chi connectivity index (χ1v) is 13.4. The Balaban J connectivity index is 1.54. The van der Waals surface area contributed by atoms with Crippen LogP contribution in [0.25, 0.3) is 17.2 Å². The van der Waals surface area contributed by atoms with Gasteiger partial charge in [-0.25, -0.2) is 18.0 Å². The van der Waals surface area contributed by atoms with Gasteiger partial charge in [0, 0.05) is 26.1 Å². The Morgan fingerprint density at radius 3 is 2.46 bits per heavy atom. The van der Waals surface area contributed by atoms with E-state index >= 15 is 0 Å². The van der Waals surface area contributed by atoms with Gasteiger partial charge >= 0.3 is 5.97 Å². The maximum absolute atomic E-state index is 14.9. The monoisotopic (exact) mass is 551 g/mol. The lowest BCUT2D eigenvalue weighted by atomic mass is 9.85. The predicted molar refractivity (Wildman–Crippen MR) is 150 cm³/mol. The Hall–Kier alpha value is -3.35. The molecule has 1 fully saturated rings. The highest BCUT2D eigenvalue weighted by Gasteiger charge is 2.24. The summed E-state index contributed by atoms with van der Waals surface area (Å²) >= 11 is 6.07. The number of aromatic carboxylic acids is 1. The highest BCUT2D eigenvalue weighted by molar-refractivity contribution is 6.30. The molecule has 0 unspecified atom stereocenters. The zero-order chi connectivity index (χ0) is 27.7. The van der Waals surface area contributed by atoms with Crippen molar-refractivity contribution in [3.63, 3.8) is 0 Å². The summed E-state index contributed by atoms with van der Waals surface area (Å²) in [6.07, 6.45) is 1.93. The standard InChI is InChI=1S/C32H29ClF3NO2/c1-19-25(11-12-28(33)31(19)36)27-4-2-3-23-16-24(32(38)39)9-10-26(23)30(27)22-7-5-20(6-8-22)15-21-17-37(18-21)14-13-29(34)35/h5-12,15-16,29H,2-4,13-14,17-18H2,1H3,(H,38,39). The molecule has 1 heterocycles. The number of nitrogens with zero attached hydrogens (tertiary/aromatic N) is 1. The van der Waals surface area contributed by atoms with Crippen LogP contribution in [0, 0.1) is 12.7 Å². The van der Waals surface area contributed by atoms with Crippen LogP contribution in [0.5, 0.6) is 0 Å². The lowest BCUT2D eigenvalue weighted by molar-refractivity contribution is 0.0696. The van der Waals surface area contributed by atoms with E-state index < -0.39 is 18.2 Å². The van der Waals surface area contributed by atoms with E-state index in [-0.39, 0.29) is 17.0 Å². The molecule has 0 atom stereocenters. The summed E-state index contributed by atoms with van der Waals surface area (Å²) < 4.78 is 39.8. The maximum atomic E-state index is 14.9. The summed E-state index contributed by atoms with van der Waals surface area (Å²) in [5.41, 5.74) is 8.58. The summed E-state index contributed by atoms with van der Waals surface area (Å²) in [6, 6.07) is 16.8. The molecule has 0 spiro atoms. The van der Waals surface area contributed by atoms with Crippen molar-refractivity contribution in [2.24, 2.45) is 0 Å². The Morgan fingerprint density at radius 2 is 1.77 bits per heavy atom. The van der Waals surface area contributed by atoms with Gasteiger partial charge in [-0.3, -0.25) is 4.90 Å². The molecule has 1 aliphatic carbocycles. The highest BCUT2D eigenvalue weighted by Crippen LogP contribution is 2.42. The second-order valence-corrected chi connectivity index (χ2v) is 10.6. The lowest BCUT2D eigenvalue weighted by Gasteiger charge is -2.34. The van der Waals surface area contributed by atoms with Crippen LogP contribution in [0.15, 0.2) is 60.2 Å². The zero-order valence-electron chi connectivity index (χ0n) is 21.6. The maximum Gasteiger partial charge on any atom is 0.335 e. The second-order valence-electron chi connectivity index (χ2n) is 10.2. The number of likely N-dealkylation sites (tertiary alicyclic amines) is 1. The van der Waals surface area contributed by atoms with Crippen molar-refractivity contribution in [1.82, 2.24) is 4.90 Å². The van der Waals surface area contributed by atoms with E-state index in [2.05, 4.69) is 6.08 Å². The van der Waals surface area contributed by atoms with Gasteiger partial charge in [0.2, 0.25) is 6.43 Å². The number of carboxylic acids is 1. The van der Waals surface area contributed by atoms with Gasteiger partial charge < -0.3 is 5.11 Å². The number of halogens is 4. The SMILES string of the molecule is Cc1c(C2=C(c3ccc(C=C4CN(CCC(F)F)C4)cc3)c3ccc(C(=O)O)cc3CCC2)ccc(Cl)c1F. The summed E-state index contributed by atoms with van der Waals surface area (Å²) in [4.78, 5) is 13.7. The quantitative estimate of drug-likeness (QED) is 0.322. The molecule has 2 aliphatic rings. The molecule has 3 aromatic carbocycles. The molecular weight excluding hydrogens is 523 g/mol. The zero-order valence-corrected chi connectivity index (χ0v) is 22.4. The number of fused-ring (bicyclic) bond motifs is 1. The average molecular weight is 552 g/mol. The van der Waals surface area contributed by atoms with E-state index in [0.717, 1.165) is 45.4 Å². The minimum absolute atomic E-state index is 0.0830. The van der Waals surface area contributed by atoms with Crippen molar-refractivity contribution >= 4 is 34.8 Å². The van der Waals surface area contributed by atoms with Crippen LogP contribution in [0.3, 0.4) is 0 Å². The van der Waals surface area contributed by atoms with Crippen LogP contribution in [0.1, 0.15) is 63.0 Å². The summed E-state index contributed by atoms with van der Waals surface area (Å²) in [7, 11) is 0. The average Bonchev–Trinajstić information content (AvgIpc) is 3.08. The van der Waals surface area contributed by atoms with Gasteiger partial charge in [-0.05, 0) is 94.5 Å². The predicted octanol–water partition coefficient (Wildman–Crippen LogP) is 8.14. The van der Waals surface area contributed by atoms with Gasteiger partial charge in [0.15, 0.2) is 0 Å². The van der Waals surface area contributed by atoms with Gasteiger partial charge in [0.25, 0.3) is 0 Å². The molecule has 1 aliphatic heterocycles. The van der Waals surface area contributed by atoms with Gasteiger partial charge in [0.1, 0.15) is 5.82 Å². The fourth-order valence-corrected chi connectivity index (χ4v) is 5.74. The van der Waals surface area contributed by atoms with E-state index in [1.807, 2.05) is 41.3 Å². The third-order valence-electron chi connectivity index (χ3n) is 7.55. The summed E-state index contributed by atoms with van der Waals surface area (Å²) in [5, 5.41) is 9.64. The summed E-state index contributed by atoms with van der Waals surface area (Å²) in [5.74, 6) is -1.40. The van der Waals surface area contributed by atoms with Crippen molar-refractivity contribution in [3.8, 4) is 0 Å². The molecule has 0 amide bonds. The molecule has 5 rings (SSSR count). The largest absolute Gasteiger partial charge is 0.478 e. The van der Waals surface area contributed by atoms with Crippen molar-refractivity contribution in [2.45, 2.75) is 39.0 Å². The molecule has 3 nitrogen and oxygen atoms in total. The minimum atomic E-state index is -2.28. The van der Waals surface area contributed by atoms with Crippen LogP contribution in [0.2, 0.25) is 5.02 Å². The number of hydrogen-bond donors (Lipinski definition) is 1. The van der Waals surface area contributed by atoms with E-state index in [1.54, 1.807) is 25.1 Å². The van der Waals surface area contributed by atoms with Crippen molar-refractivity contribution in [1.29, 1.82) is 0 Å². The van der Waals surface area contributed by atoms with Crippen LogP contribution in [-0.2, 0) is 6.42 Å². The second kappa shape index (κ2) is 11.4. The van der Waals surface area contributed by atoms with Gasteiger partial charge in [-0.1, -0.05) is 54.1 Å². The van der Waals surface area contributed by atoms with E-state index in [9.17, 15) is 23.1 Å². The fourth-order valence-electron chi connectivity index (χ4n) is 5.54. The molecule has 202 valence electrons. The Morgan fingerprint density at radius 1 is 1.05 bits per heavy atom. The molecule has 0 aromatic heterocycles. The van der Waals surface area contributed by atoms with Crippen molar-refractivity contribution < 1.29 is 23.1 Å². The lowest BCUT2D eigenvalue weighted by Crippen LogP contribution is -2.40. The Bertz CT molecular complexity index is 1470.